The maximum atomic E-state index is 13.8. The van der Waals surface area contributed by atoms with E-state index in [1.165, 1.54) is 24.4 Å². The monoisotopic (exact) mass is 329 g/mol. The Balaban J connectivity index is 1.65. The summed E-state index contributed by atoms with van der Waals surface area (Å²) in [6, 6.07) is 9.34. The number of nitrogens with zero attached hydrogens (tertiary/aromatic N) is 3. The lowest BCUT2D eigenvalue weighted by Gasteiger charge is -2.36. The van der Waals surface area contributed by atoms with Gasteiger partial charge in [-0.05, 0) is 24.3 Å². The van der Waals surface area contributed by atoms with Crippen LogP contribution in [0.4, 0.5) is 10.1 Å². The van der Waals surface area contributed by atoms with Crippen LogP contribution in [0, 0.1) is 5.82 Å². The lowest BCUT2D eigenvalue weighted by Crippen LogP contribution is -2.49. The number of carboxylic acid groups (broad SMARTS) is 1. The first-order valence-electron chi connectivity index (χ1n) is 7.54. The smallest absolute Gasteiger partial charge is 0.337 e. The predicted octanol–water partition coefficient (Wildman–Crippen LogP) is 1.88. The molecule has 1 saturated heterocycles. The number of aromatic carboxylic acids is 1. The molecule has 1 aromatic carbocycles. The second-order valence-corrected chi connectivity index (χ2v) is 5.47. The molecule has 0 saturated carbocycles. The molecule has 1 N–H and O–H groups in total. The molecule has 0 radical (unpaired) electrons. The minimum absolute atomic E-state index is 0.0379. The van der Waals surface area contributed by atoms with Gasteiger partial charge in [0.15, 0.2) is 0 Å². The molecular weight excluding hydrogens is 313 g/mol. The Morgan fingerprint density at radius 3 is 2.33 bits per heavy atom. The predicted molar refractivity (Wildman–Crippen MR) is 85.7 cm³/mol. The molecule has 6 nitrogen and oxygen atoms in total. The highest BCUT2D eigenvalue weighted by molar-refractivity contribution is 5.94. The van der Waals surface area contributed by atoms with E-state index >= 15 is 0 Å². The van der Waals surface area contributed by atoms with Crippen molar-refractivity contribution in [3.63, 3.8) is 0 Å². The fourth-order valence-corrected chi connectivity index (χ4v) is 2.67. The molecule has 1 amide bonds. The van der Waals surface area contributed by atoms with Gasteiger partial charge in [0.05, 0.1) is 11.3 Å². The van der Waals surface area contributed by atoms with Gasteiger partial charge < -0.3 is 14.9 Å². The number of piperazine rings is 1. The fourth-order valence-electron chi connectivity index (χ4n) is 2.67. The summed E-state index contributed by atoms with van der Waals surface area (Å²) >= 11 is 0. The summed E-state index contributed by atoms with van der Waals surface area (Å²) < 4.78 is 13.8. The Kier molecular flexibility index (Phi) is 4.41. The number of aromatic nitrogens is 1. The normalized spacial score (nSPS) is 14.5. The molecule has 0 bridgehead atoms. The number of benzene rings is 1. The average Bonchev–Trinajstić information content (AvgIpc) is 2.62. The van der Waals surface area contributed by atoms with Gasteiger partial charge in [0.25, 0.3) is 5.91 Å². The van der Waals surface area contributed by atoms with E-state index in [9.17, 15) is 14.0 Å². The average molecular weight is 329 g/mol. The van der Waals surface area contributed by atoms with Crippen LogP contribution in [-0.2, 0) is 0 Å². The number of anilines is 1. The third-order valence-corrected chi connectivity index (χ3v) is 3.99. The number of carbonyl (C=O) groups is 2. The first-order chi connectivity index (χ1) is 11.6. The Bertz CT molecular complexity index is 756. The molecule has 24 heavy (non-hydrogen) atoms. The van der Waals surface area contributed by atoms with Crippen molar-refractivity contribution in [3.8, 4) is 0 Å². The second-order valence-electron chi connectivity index (χ2n) is 5.47. The highest BCUT2D eigenvalue weighted by atomic mass is 19.1. The van der Waals surface area contributed by atoms with Crippen molar-refractivity contribution in [2.45, 2.75) is 0 Å². The molecule has 7 heteroatoms. The number of rotatable bonds is 3. The molecule has 2 aromatic rings. The van der Waals surface area contributed by atoms with E-state index in [1.807, 2.05) is 4.90 Å². The third-order valence-electron chi connectivity index (χ3n) is 3.99. The SMILES string of the molecule is O=C(O)c1ccc(C(=O)N2CCN(c3ccccc3F)CC2)nc1. The zero-order valence-corrected chi connectivity index (χ0v) is 12.9. The number of carboxylic acids is 1. The molecule has 124 valence electrons. The summed E-state index contributed by atoms with van der Waals surface area (Å²) in [6.07, 6.45) is 1.17. The quantitative estimate of drug-likeness (QED) is 0.931. The summed E-state index contributed by atoms with van der Waals surface area (Å²) in [5.41, 5.74) is 0.781. The molecule has 3 rings (SSSR count). The van der Waals surface area contributed by atoms with Gasteiger partial charge in [-0.2, -0.15) is 0 Å². The highest BCUT2D eigenvalue weighted by Crippen LogP contribution is 2.20. The van der Waals surface area contributed by atoms with Gasteiger partial charge in [0.2, 0.25) is 0 Å². The van der Waals surface area contributed by atoms with E-state index < -0.39 is 5.97 Å². The van der Waals surface area contributed by atoms with Crippen molar-refractivity contribution in [1.82, 2.24) is 9.88 Å². The number of carbonyl (C=O) groups excluding carboxylic acids is 1. The van der Waals surface area contributed by atoms with Gasteiger partial charge in [0, 0.05) is 32.4 Å². The zero-order chi connectivity index (χ0) is 17.1. The van der Waals surface area contributed by atoms with Gasteiger partial charge in [0.1, 0.15) is 11.5 Å². The van der Waals surface area contributed by atoms with Crippen molar-refractivity contribution < 1.29 is 19.1 Å². The van der Waals surface area contributed by atoms with E-state index in [0.717, 1.165) is 0 Å². The molecule has 2 heterocycles. The van der Waals surface area contributed by atoms with E-state index in [4.69, 9.17) is 5.11 Å². The fraction of sp³-hybridized carbons (Fsp3) is 0.235. The van der Waals surface area contributed by atoms with Gasteiger partial charge in [-0.1, -0.05) is 12.1 Å². The van der Waals surface area contributed by atoms with Crippen molar-refractivity contribution in [2.24, 2.45) is 0 Å². The third kappa shape index (κ3) is 3.19. The molecule has 1 aromatic heterocycles. The molecular formula is C17H16FN3O3. The van der Waals surface area contributed by atoms with E-state index in [0.29, 0.717) is 31.9 Å². The molecule has 0 aliphatic carbocycles. The van der Waals surface area contributed by atoms with Crippen molar-refractivity contribution in [1.29, 1.82) is 0 Å². The Morgan fingerprint density at radius 1 is 1.04 bits per heavy atom. The van der Waals surface area contributed by atoms with Gasteiger partial charge in [-0.25, -0.2) is 9.18 Å². The Hall–Kier alpha value is -2.96. The molecule has 0 atom stereocenters. The number of para-hydroxylation sites is 1. The van der Waals surface area contributed by atoms with Crippen molar-refractivity contribution >= 4 is 17.6 Å². The van der Waals surface area contributed by atoms with Crippen LogP contribution in [0.5, 0.6) is 0 Å². The number of pyridine rings is 1. The second kappa shape index (κ2) is 6.66. The minimum atomic E-state index is -1.08. The van der Waals surface area contributed by atoms with Gasteiger partial charge >= 0.3 is 5.97 Å². The van der Waals surface area contributed by atoms with E-state index in [1.54, 1.807) is 23.1 Å². The maximum absolute atomic E-state index is 13.8. The first-order valence-corrected chi connectivity index (χ1v) is 7.54. The summed E-state index contributed by atoms with van der Waals surface area (Å²) in [4.78, 5) is 30.7. The van der Waals surface area contributed by atoms with Crippen molar-refractivity contribution in [2.75, 3.05) is 31.1 Å². The Labute approximate surface area is 138 Å². The van der Waals surface area contributed by atoms with Gasteiger partial charge in [-0.3, -0.25) is 9.78 Å². The number of hydrogen-bond acceptors (Lipinski definition) is 4. The molecule has 1 fully saturated rings. The van der Waals surface area contributed by atoms with Crippen LogP contribution in [0.2, 0.25) is 0 Å². The highest BCUT2D eigenvalue weighted by Gasteiger charge is 2.24. The standard InChI is InChI=1S/C17H16FN3O3/c18-13-3-1-2-4-15(13)20-7-9-21(10-8-20)16(22)14-6-5-12(11-19-14)17(23)24/h1-6,11H,7-10H2,(H,23,24). The largest absolute Gasteiger partial charge is 0.478 e. The van der Waals surface area contributed by atoms with E-state index in [-0.39, 0.29) is 23.0 Å². The molecule has 1 aliphatic rings. The molecule has 0 unspecified atom stereocenters. The van der Waals surface area contributed by atoms with Crippen LogP contribution >= 0.6 is 0 Å². The van der Waals surface area contributed by atoms with Crippen LogP contribution in [0.25, 0.3) is 0 Å². The maximum Gasteiger partial charge on any atom is 0.337 e. The van der Waals surface area contributed by atoms with Crippen molar-refractivity contribution in [3.05, 3.63) is 59.7 Å². The first kappa shape index (κ1) is 15.9. The zero-order valence-electron chi connectivity index (χ0n) is 12.9. The number of halogens is 1. The summed E-state index contributed by atoms with van der Waals surface area (Å²) in [5, 5.41) is 8.85. The van der Waals surface area contributed by atoms with Gasteiger partial charge in [-0.15, -0.1) is 0 Å². The summed E-state index contributed by atoms with van der Waals surface area (Å²) in [7, 11) is 0. The van der Waals surface area contributed by atoms with E-state index in [2.05, 4.69) is 4.98 Å². The van der Waals surface area contributed by atoms with Crippen LogP contribution < -0.4 is 4.90 Å². The van der Waals surface area contributed by atoms with Crippen LogP contribution in [0.1, 0.15) is 20.8 Å². The minimum Gasteiger partial charge on any atom is -0.478 e. The van der Waals surface area contributed by atoms with Crippen LogP contribution in [-0.4, -0.2) is 53.0 Å². The summed E-state index contributed by atoms with van der Waals surface area (Å²) in [6.45, 7) is 1.96. The molecule has 1 aliphatic heterocycles. The lowest BCUT2D eigenvalue weighted by atomic mass is 10.2. The van der Waals surface area contributed by atoms with Crippen LogP contribution in [0.15, 0.2) is 42.6 Å². The number of hydrogen-bond donors (Lipinski definition) is 1. The summed E-state index contributed by atoms with van der Waals surface area (Å²) in [5.74, 6) is -1.61. The lowest BCUT2D eigenvalue weighted by molar-refractivity contribution is 0.0691. The number of amides is 1. The topological polar surface area (TPSA) is 73.7 Å². The Morgan fingerprint density at radius 2 is 1.75 bits per heavy atom. The van der Waals surface area contributed by atoms with Crippen LogP contribution in [0.3, 0.4) is 0 Å². The molecule has 0 spiro atoms.